The second kappa shape index (κ2) is 8.74. The second-order valence-electron chi connectivity index (χ2n) is 4.76. The van der Waals surface area contributed by atoms with E-state index >= 15 is 0 Å². The van der Waals surface area contributed by atoms with E-state index in [1.807, 2.05) is 6.07 Å². The Morgan fingerprint density at radius 3 is 2.60 bits per heavy atom. The standard InChI is InChI=1S/C15H23F2NO2/c1-4-9-18-11(2)5-6-12-7-8-13(19-3)14(10-12)20-15(16)17/h7-8,10-11,15,18H,4-6,9H2,1-3H3. The third-order valence-electron chi connectivity index (χ3n) is 3.05. The summed E-state index contributed by atoms with van der Waals surface area (Å²) in [6.45, 7) is 2.39. The Kier molecular flexibility index (Phi) is 7.30. The summed E-state index contributed by atoms with van der Waals surface area (Å²) >= 11 is 0. The van der Waals surface area contributed by atoms with Crippen molar-refractivity contribution in [2.24, 2.45) is 0 Å². The molecule has 1 unspecified atom stereocenters. The number of halogens is 2. The molecule has 0 aliphatic heterocycles. The fourth-order valence-corrected chi connectivity index (χ4v) is 1.94. The molecule has 0 aliphatic carbocycles. The van der Waals surface area contributed by atoms with E-state index in [4.69, 9.17) is 4.74 Å². The minimum Gasteiger partial charge on any atom is -0.493 e. The van der Waals surface area contributed by atoms with Crippen molar-refractivity contribution in [1.29, 1.82) is 0 Å². The molecule has 0 spiro atoms. The van der Waals surface area contributed by atoms with E-state index in [1.165, 1.54) is 7.11 Å². The van der Waals surface area contributed by atoms with Crippen LogP contribution in [0.15, 0.2) is 18.2 Å². The summed E-state index contributed by atoms with van der Waals surface area (Å²) in [5, 5.41) is 3.40. The van der Waals surface area contributed by atoms with Crippen LogP contribution in [0, 0.1) is 0 Å². The van der Waals surface area contributed by atoms with Crippen LogP contribution in [0.1, 0.15) is 32.3 Å². The monoisotopic (exact) mass is 287 g/mol. The zero-order valence-corrected chi connectivity index (χ0v) is 12.3. The van der Waals surface area contributed by atoms with Gasteiger partial charge in [0.1, 0.15) is 0 Å². The number of ether oxygens (including phenoxy) is 2. The topological polar surface area (TPSA) is 30.5 Å². The van der Waals surface area contributed by atoms with Crippen molar-refractivity contribution in [2.45, 2.75) is 45.8 Å². The lowest BCUT2D eigenvalue weighted by Crippen LogP contribution is -2.27. The minimum atomic E-state index is -2.84. The van der Waals surface area contributed by atoms with Gasteiger partial charge in [-0.15, -0.1) is 0 Å². The lowest BCUT2D eigenvalue weighted by atomic mass is 10.1. The Morgan fingerprint density at radius 1 is 1.25 bits per heavy atom. The Balaban J connectivity index is 2.62. The maximum absolute atomic E-state index is 12.3. The zero-order chi connectivity index (χ0) is 15.0. The number of methoxy groups -OCH3 is 1. The van der Waals surface area contributed by atoms with Crippen LogP contribution in [0.3, 0.4) is 0 Å². The van der Waals surface area contributed by atoms with Crippen LogP contribution >= 0.6 is 0 Å². The Morgan fingerprint density at radius 2 is 2.00 bits per heavy atom. The zero-order valence-electron chi connectivity index (χ0n) is 12.3. The van der Waals surface area contributed by atoms with Gasteiger partial charge in [-0.05, 0) is 50.4 Å². The SMILES string of the molecule is CCCNC(C)CCc1ccc(OC)c(OC(F)F)c1. The van der Waals surface area contributed by atoms with Crippen LogP contribution in [0.5, 0.6) is 11.5 Å². The molecular formula is C15H23F2NO2. The molecule has 1 aromatic rings. The van der Waals surface area contributed by atoms with Crippen molar-refractivity contribution in [3.05, 3.63) is 23.8 Å². The summed E-state index contributed by atoms with van der Waals surface area (Å²) in [4.78, 5) is 0. The molecule has 20 heavy (non-hydrogen) atoms. The van der Waals surface area contributed by atoms with Gasteiger partial charge in [-0.3, -0.25) is 0 Å². The van der Waals surface area contributed by atoms with E-state index in [1.54, 1.807) is 12.1 Å². The van der Waals surface area contributed by atoms with Gasteiger partial charge in [0.05, 0.1) is 7.11 Å². The molecule has 0 saturated heterocycles. The Bertz CT molecular complexity index is 399. The van der Waals surface area contributed by atoms with Crippen LogP contribution in [-0.2, 0) is 6.42 Å². The second-order valence-corrected chi connectivity index (χ2v) is 4.76. The molecule has 5 heteroatoms. The van der Waals surface area contributed by atoms with Gasteiger partial charge in [-0.25, -0.2) is 0 Å². The van der Waals surface area contributed by atoms with E-state index in [0.717, 1.165) is 31.4 Å². The molecule has 0 aliphatic rings. The van der Waals surface area contributed by atoms with Crippen molar-refractivity contribution in [1.82, 2.24) is 5.32 Å². The predicted molar refractivity (Wildman–Crippen MR) is 75.7 cm³/mol. The molecule has 1 aromatic carbocycles. The Labute approximate surface area is 119 Å². The molecule has 0 amide bonds. The number of nitrogens with one attached hydrogen (secondary N) is 1. The summed E-state index contributed by atoms with van der Waals surface area (Å²) in [6.07, 6.45) is 2.85. The van der Waals surface area contributed by atoms with Crippen molar-refractivity contribution in [3.63, 3.8) is 0 Å². The molecule has 0 saturated carbocycles. The first kappa shape index (κ1) is 16.7. The van der Waals surface area contributed by atoms with Gasteiger partial charge in [-0.2, -0.15) is 8.78 Å². The molecular weight excluding hydrogens is 264 g/mol. The van der Waals surface area contributed by atoms with Gasteiger partial charge in [0.25, 0.3) is 0 Å². The molecule has 1 atom stereocenters. The first-order valence-corrected chi connectivity index (χ1v) is 6.92. The largest absolute Gasteiger partial charge is 0.493 e. The fourth-order valence-electron chi connectivity index (χ4n) is 1.94. The smallest absolute Gasteiger partial charge is 0.387 e. The third-order valence-corrected chi connectivity index (χ3v) is 3.05. The lowest BCUT2D eigenvalue weighted by molar-refractivity contribution is -0.0512. The molecule has 0 aromatic heterocycles. The van der Waals surface area contributed by atoms with Gasteiger partial charge in [0, 0.05) is 6.04 Å². The van der Waals surface area contributed by atoms with E-state index in [-0.39, 0.29) is 5.75 Å². The lowest BCUT2D eigenvalue weighted by Gasteiger charge is -2.14. The van der Waals surface area contributed by atoms with Crippen molar-refractivity contribution >= 4 is 0 Å². The number of aryl methyl sites for hydroxylation is 1. The summed E-state index contributed by atoms with van der Waals surface area (Å²) in [5.74, 6) is 0.417. The first-order chi connectivity index (χ1) is 9.56. The first-order valence-electron chi connectivity index (χ1n) is 6.92. The van der Waals surface area contributed by atoms with Crippen LogP contribution in [0.25, 0.3) is 0 Å². The van der Waals surface area contributed by atoms with Crippen molar-refractivity contribution in [3.8, 4) is 11.5 Å². The fraction of sp³-hybridized carbons (Fsp3) is 0.600. The van der Waals surface area contributed by atoms with Crippen molar-refractivity contribution < 1.29 is 18.3 Å². The average molecular weight is 287 g/mol. The molecule has 0 bridgehead atoms. The van der Waals surface area contributed by atoms with Gasteiger partial charge in [0.2, 0.25) is 0 Å². The molecule has 1 N–H and O–H groups in total. The third kappa shape index (κ3) is 5.74. The highest BCUT2D eigenvalue weighted by Crippen LogP contribution is 2.29. The highest BCUT2D eigenvalue weighted by atomic mass is 19.3. The number of hydrogen-bond acceptors (Lipinski definition) is 3. The van der Waals surface area contributed by atoms with Crippen LogP contribution < -0.4 is 14.8 Å². The highest BCUT2D eigenvalue weighted by molar-refractivity contribution is 5.43. The van der Waals surface area contributed by atoms with Crippen LogP contribution in [0.4, 0.5) is 8.78 Å². The summed E-state index contributed by atoms with van der Waals surface area (Å²) in [5.41, 5.74) is 0.964. The normalized spacial score (nSPS) is 12.5. The molecule has 3 nitrogen and oxygen atoms in total. The highest BCUT2D eigenvalue weighted by Gasteiger charge is 2.11. The maximum atomic E-state index is 12.3. The number of alkyl halides is 2. The number of benzene rings is 1. The number of hydrogen-bond donors (Lipinski definition) is 1. The summed E-state index contributed by atoms with van der Waals surface area (Å²) in [7, 11) is 1.43. The van der Waals surface area contributed by atoms with E-state index in [2.05, 4.69) is 23.9 Å². The minimum absolute atomic E-state index is 0.0918. The van der Waals surface area contributed by atoms with Crippen molar-refractivity contribution in [2.75, 3.05) is 13.7 Å². The van der Waals surface area contributed by atoms with Crippen LogP contribution in [-0.4, -0.2) is 26.3 Å². The van der Waals surface area contributed by atoms with Gasteiger partial charge >= 0.3 is 6.61 Å². The molecule has 114 valence electrons. The van der Waals surface area contributed by atoms with Gasteiger partial charge in [0.15, 0.2) is 11.5 Å². The number of rotatable bonds is 9. The summed E-state index contributed by atoms with van der Waals surface area (Å²) in [6, 6.07) is 5.56. The van der Waals surface area contributed by atoms with Crippen LogP contribution in [0.2, 0.25) is 0 Å². The average Bonchev–Trinajstić information content (AvgIpc) is 2.42. The van der Waals surface area contributed by atoms with E-state index in [9.17, 15) is 8.78 Å². The van der Waals surface area contributed by atoms with E-state index < -0.39 is 6.61 Å². The maximum Gasteiger partial charge on any atom is 0.387 e. The quantitative estimate of drug-likeness (QED) is 0.752. The van der Waals surface area contributed by atoms with Gasteiger partial charge in [-0.1, -0.05) is 13.0 Å². The van der Waals surface area contributed by atoms with Gasteiger partial charge < -0.3 is 14.8 Å². The Hall–Kier alpha value is -1.36. The molecule has 0 fully saturated rings. The predicted octanol–water partition coefficient (Wildman–Crippen LogP) is 3.62. The molecule has 0 radical (unpaired) electrons. The summed E-state index contributed by atoms with van der Waals surface area (Å²) < 4.78 is 34.2. The molecule has 0 heterocycles. The van der Waals surface area contributed by atoms with E-state index in [0.29, 0.717) is 11.8 Å². The molecule has 1 rings (SSSR count).